The number of hydrogen-bond donors (Lipinski definition) is 0. The Kier molecular flexibility index (Phi) is 4.11. The van der Waals surface area contributed by atoms with Crippen LogP contribution >= 0.6 is 0 Å². The molecule has 2 aliphatic heterocycles. The average Bonchev–Trinajstić information content (AvgIpc) is 2.16. The van der Waals surface area contributed by atoms with Crippen LogP contribution in [0.25, 0.3) is 0 Å². The minimum atomic E-state index is 0.337. The maximum atomic E-state index is 6.04. The molecular formula is C14H28N2O. The first-order chi connectivity index (χ1) is 7.95. The Morgan fingerprint density at radius 1 is 1.12 bits per heavy atom. The summed E-state index contributed by atoms with van der Waals surface area (Å²) in [7, 11) is 2.20. The maximum Gasteiger partial charge on any atom is 0.0599 e. The normalized spacial score (nSPS) is 26.1. The van der Waals surface area contributed by atoms with Crippen LogP contribution in [0.2, 0.25) is 0 Å². The summed E-state index contributed by atoms with van der Waals surface area (Å²) in [5.41, 5.74) is 0.337. The van der Waals surface area contributed by atoms with Gasteiger partial charge in [-0.2, -0.15) is 0 Å². The van der Waals surface area contributed by atoms with Crippen molar-refractivity contribution in [1.29, 1.82) is 0 Å². The Labute approximate surface area is 106 Å². The second-order valence-electron chi connectivity index (χ2n) is 6.78. The fourth-order valence-corrected chi connectivity index (χ4v) is 2.65. The molecule has 0 bridgehead atoms. The van der Waals surface area contributed by atoms with Crippen LogP contribution in [0.15, 0.2) is 0 Å². The number of likely N-dealkylation sites (tertiary alicyclic amines) is 2. The average molecular weight is 240 g/mol. The predicted molar refractivity (Wildman–Crippen MR) is 71.3 cm³/mol. The quantitative estimate of drug-likeness (QED) is 0.748. The molecule has 3 nitrogen and oxygen atoms in total. The van der Waals surface area contributed by atoms with Crippen LogP contribution in [0.5, 0.6) is 0 Å². The third-order valence-corrected chi connectivity index (χ3v) is 4.14. The van der Waals surface area contributed by atoms with E-state index >= 15 is 0 Å². The maximum absolute atomic E-state index is 6.04. The highest BCUT2D eigenvalue weighted by molar-refractivity contribution is 4.88. The predicted octanol–water partition coefficient (Wildman–Crippen LogP) is 1.83. The lowest BCUT2D eigenvalue weighted by atomic mass is 9.93. The molecule has 0 N–H and O–H groups in total. The largest absolute Gasteiger partial charge is 0.378 e. The van der Waals surface area contributed by atoms with Crippen LogP contribution in [-0.4, -0.2) is 61.3 Å². The number of hydrogen-bond acceptors (Lipinski definition) is 3. The van der Waals surface area contributed by atoms with Crippen molar-refractivity contribution in [3.05, 3.63) is 0 Å². The molecule has 0 spiro atoms. The molecule has 2 saturated heterocycles. The van der Waals surface area contributed by atoms with E-state index in [0.29, 0.717) is 11.6 Å². The van der Waals surface area contributed by atoms with E-state index in [-0.39, 0.29) is 0 Å². The fraction of sp³-hybridized carbons (Fsp3) is 1.00. The number of nitrogens with zero attached hydrogens (tertiary/aromatic N) is 2. The number of rotatable bonds is 3. The molecule has 0 aliphatic carbocycles. The van der Waals surface area contributed by atoms with Gasteiger partial charge in [-0.15, -0.1) is 0 Å². The van der Waals surface area contributed by atoms with Crippen LogP contribution in [-0.2, 0) is 4.74 Å². The van der Waals surface area contributed by atoms with Crippen LogP contribution in [0.1, 0.15) is 33.6 Å². The van der Waals surface area contributed by atoms with Crippen molar-refractivity contribution in [1.82, 2.24) is 9.80 Å². The zero-order chi connectivity index (χ0) is 12.5. The van der Waals surface area contributed by atoms with Gasteiger partial charge in [-0.3, -0.25) is 4.90 Å². The molecule has 0 unspecified atom stereocenters. The Morgan fingerprint density at radius 2 is 1.71 bits per heavy atom. The molecule has 0 atom stereocenters. The second kappa shape index (κ2) is 5.25. The third kappa shape index (κ3) is 3.67. The summed E-state index contributed by atoms with van der Waals surface area (Å²) in [6, 6.07) is 0. The monoisotopic (exact) mass is 240 g/mol. The number of piperidine rings is 1. The summed E-state index contributed by atoms with van der Waals surface area (Å²) < 4.78 is 6.04. The molecule has 17 heavy (non-hydrogen) atoms. The third-order valence-electron chi connectivity index (χ3n) is 4.14. The van der Waals surface area contributed by atoms with Crippen LogP contribution < -0.4 is 0 Å². The van der Waals surface area contributed by atoms with E-state index < -0.39 is 0 Å². The lowest BCUT2D eigenvalue weighted by Crippen LogP contribution is -2.57. The van der Waals surface area contributed by atoms with Gasteiger partial charge in [0.2, 0.25) is 0 Å². The van der Waals surface area contributed by atoms with Gasteiger partial charge in [0.25, 0.3) is 0 Å². The molecule has 2 fully saturated rings. The summed E-state index contributed by atoms with van der Waals surface area (Å²) in [5.74, 6) is 0.772. The fourth-order valence-electron chi connectivity index (χ4n) is 2.65. The van der Waals surface area contributed by atoms with E-state index in [1.54, 1.807) is 0 Å². The van der Waals surface area contributed by atoms with E-state index in [9.17, 15) is 0 Å². The van der Waals surface area contributed by atoms with Crippen LogP contribution in [0.4, 0.5) is 0 Å². The Balaban J connectivity index is 1.59. The van der Waals surface area contributed by atoms with Crippen molar-refractivity contribution in [2.24, 2.45) is 5.92 Å². The SMILES string of the molecule is CN1CCC(OCC2CN(C(C)(C)C)C2)CC1. The summed E-state index contributed by atoms with van der Waals surface area (Å²) in [6.07, 6.45) is 2.95. The van der Waals surface area contributed by atoms with Gasteiger partial charge < -0.3 is 9.64 Å². The highest BCUT2D eigenvalue weighted by Crippen LogP contribution is 2.26. The highest BCUT2D eigenvalue weighted by Gasteiger charge is 2.34. The summed E-state index contributed by atoms with van der Waals surface area (Å²) >= 11 is 0. The molecule has 2 rings (SSSR count). The molecule has 0 saturated carbocycles. The molecule has 0 amide bonds. The van der Waals surface area contributed by atoms with E-state index in [2.05, 4.69) is 37.6 Å². The van der Waals surface area contributed by atoms with Crippen molar-refractivity contribution in [3.63, 3.8) is 0 Å². The Bertz CT molecular complexity index is 235. The summed E-state index contributed by atoms with van der Waals surface area (Å²) in [4.78, 5) is 4.93. The van der Waals surface area contributed by atoms with Gasteiger partial charge in [0.1, 0.15) is 0 Å². The smallest absolute Gasteiger partial charge is 0.0599 e. The first-order valence-corrected chi connectivity index (χ1v) is 7.00. The molecule has 100 valence electrons. The lowest BCUT2D eigenvalue weighted by Gasteiger charge is -2.48. The van der Waals surface area contributed by atoms with Crippen molar-refractivity contribution in [2.75, 3.05) is 39.8 Å². The van der Waals surface area contributed by atoms with Gasteiger partial charge in [-0.25, -0.2) is 0 Å². The first kappa shape index (κ1) is 13.3. The van der Waals surface area contributed by atoms with Gasteiger partial charge in [0.15, 0.2) is 0 Å². The van der Waals surface area contributed by atoms with Crippen LogP contribution in [0, 0.1) is 5.92 Å². The van der Waals surface area contributed by atoms with E-state index in [1.807, 2.05) is 0 Å². The van der Waals surface area contributed by atoms with E-state index in [4.69, 9.17) is 4.74 Å². The molecular weight excluding hydrogens is 212 g/mol. The zero-order valence-electron chi connectivity index (χ0n) is 11.9. The Hall–Kier alpha value is -0.120. The molecule has 0 aromatic rings. The van der Waals surface area contributed by atoms with E-state index in [0.717, 1.165) is 12.5 Å². The van der Waals surface area contributed by atoms with Gasteiger partial charge >= 0.3 is 0 Å². The molecule has 0 radical (unpaired) electrons. The van der Waals surface area contributed by atoms with Gasteiger partial charge in [0, 0.05) is 37.6 Å². The van der Waals surface area contributed by atoms with Crippen molar-refractivity contribution >= 4 is 0 Å². The molecule has 0 aromatic carbocycles. The highest BCUT2D eigenvalue weighted by atomic mass is 16.5. The van der Waals surface area contributed by atoms with Gasteiger partial charge in [-0.1, -0.05) is 0 Å². The standard InChI is InChI=1S/C14H28N2O/c1-14(2,3)16-9-12(10-16)11-17-13-5-7-15(4)8-6-13/h12-13H,5-11H2,1-4H3. The van der Waals surface area contributed by atoms with E-state index in [1.165, 1.54) is 39.0 Å². The molecule has 3 heteroatoms. The second-order valence-corrected chi connectivity index (χ2v) is 6.78. The van der Waals surface area contributed by atoms with Gasteiger partial charge in [0.05, 0.1) is 12.7 Å². The summed E-state index contributed by atoms with van der Waals surface area (Å²) in [5, 5.41) is 0. The van der Waals surface area contributed by atoms with Crippen molar-refractivity contribution in [2.45, 2.75) is 45.3 Å². The van der Waals surface area contributed by atoms with Crippen LogP contribution in [0.3, 0.4) is 0 Å². The first-order valence-electron chi connectivity index (χ1n) is 7.00. The minimum absolute atomic E-state index is 0.337. The topological polar surface area (TPSA) is 15.7 Å². The zero-order valence-corrected chi connectivity index (χ0v) is 11.9. The summed E-state index contributed by atoms with van der Waals surface area (Å²) in [6.45, 7) is 12.7. The molecule has 2 aliphatic rings. The minimum Gasteiger partial charge on any atom is -0.378 e. The van der Waals surface area contributed by atoms with Crippen molar-refractivity contribution in [3.8, 4) is 0 Å². The molecule has 0 aromatic heterocycles. The number of ether oxygens (including phenoxy) is 1. The molecule has 2 heterocycles. The lowest BCUT2D eigenvalue weighted by molar-refractivity contribution is -0.0634. The van der Waals surface area contributed by atoms with Gasteiger partial charge in [-0.05, 0) is 40.7 Å². The van der Waals surface area contributed by atoms with Crippen molar-refractivity contribution < 1.29 is 4.74 Å². The Morgan fingerprint density at radius 3 is 2.24 bits per heavy atom.